The van der Waals surface area contributed by atoms with E-state index < -0.39 is 0 Å². The predicted molar refractivity (Wildman–Crippen MR) is 38.7 cm³/mol. The number of rotatable bonds is 2. The zero-order valence-electron chi connectivity index (χ0n) is 6.18. The van der Waals surface area contributed by atoms with Gasteiger partial charge in [0.05, 0.1) is 0 Å². The van der Waals surface area contributed by atoms with E-state index in [0.29, 0.717) is 12.2 Å². The van der Waals surface area contributed by atoms with E-state index in [1.807, 2.05) is 0 Å². The molecule has 58 valence electrons. The van der Waals surface area contributed by atoms with E-state index in [-0.39, 0.29) is 12.5 Å². The highest BCUT2D eigenvalue weighted by atomic mass is 16.3. The van der Waals surface area contributed by atoms with Crippen LogP contribution in [0, 0.1) is 5.92 Å². The number of aliphatic hydroxyl groups is 1. The molecular formula is C8H14O2. The Morgan fingerprint density at radius 1 is 1.50 bits per heavy atom. The largest absolute Gasteiger partial charge is 0.396 e. The lowest BCUT2D eigenvalue weighted by Crippen LogP contribution is -2.19. The van der Waals surface area contributed by atoms with Gasteiger partial charge in [0.15, 0.2) is 0 Å². The van der Waals surface area contributed by atoms with E-state index in [1.165, 1.54) is 0 Å². The molecule has 1 unspecified atom stereocenters. The number of hydrogen-bond donors (Lipinski definition) is 1. The second kappa shape index (κ2) is 3.71. The topological polar surface area (TPSA) is 37.3 Å². The zero-order valence-corrected chi connectivity index (χ0v) is 6.18. The molecule has 0 aromatic carbocycles. The fraction of sp³-hybridized carbons (Fsp3) is 0.875. The Bertz CT molecular complexity index is 118. The van der Waals surface area contributed by atoms with Gasteiger partial charge in [0.2, 0.25) is 0 Å². The Morgan fingerprint density at radius 2 is 2.30 bits per heavy atom. The van der Waals surface area contributed by atoms with Crippen molar-refractivity contribution in [1.29, 1.82) is 0 Å². The lowest BCUT2D eigenvalue weighted by Gasteiger charge is -2.18. The molecule has 0 saturated heterocycles. The van der Waals surface area contributed by atoms with Gasteiger partial charge in [-0.25, -0.2) is 0 Å². The van der Waals surface area contributed by atoms with E-state index >= 15 is 0 Å². The Hall–Kier alpha value is -0.370. The highest BCUT2D eigenvalue weighted by molar-refractivity contribution is 5.81. The van der Waals surface area contributed by atoms with Crippen molar-refractivity contribution in [3.8, 4) is 0 Å². The molecule has 0 aliphatic heterocycles. The highest BCUT2D eigenvalue weighted by Gasteiger charge is 2.20. The summed E-state index contributed by atoms with van der Waals surface area (Å²) in [6.45, 7) is 0.163. The minimum atomic E-state index is 0.163. The van der Waals surface area contributed by atoms with Gasteiger partial charge in [-0.3, -0.25) is 4.79 Å². The second-order valence-electron chi connectivity index (χ2n) is 2.92. The summed E-state index contributed by atoms with van der Waals surface area (Å²) in [5.74, 6) is 0.541. The molecule has 0 amide bonds. The van der Waals surface area contributed by atoms with Crippen LogP contribution in [0.15, 0.2) is 0 Å². The third-order valence-corrected chi connectivity index (χ3v) is 2.16. The first kappa shape index (κ1) is 7.73. The summed E-state index contributed by atoms with van der Waals surface area (Å²) in [4.78, 5) is 11.1. The summed E-state index contributed by atoms with van der Waals surface area (Å²) < 4.78 is 0. The lowest BCUT2D eigenvalue weighted by molar-refractivity contribution is -0.125. The molecule has 1 rings (SSSR count). The molecule has 0 aromatic heterocycles. The maximum atomic E-state index is 11.1. The van der Waals surface area contributed by atoms with Gasteiger partial charge in [-0.05, 0) is 19.3 Å². The quantitative estimate of drug-likeness (QED) is 0.627. The van der Waals surface area contributed by atoms with Crippen LogP contribution in [0.1, 0.15) is 32.1 Å². The molecule has 1 saturated carbocycles. The van der Waals surface area contributed by atoms with Crippen molar-refractivity contribution in [3.05, 3.63) is 0 Å². The Kier molecular flexibility index (Phi) is 2.87. The van der Waals surface area contributed by atoms with Crippen molar-refractivity contribution >= 4 is 5.78 Å². The van der Waals surface area contributed by atoms with E-state index in [4.69, 9.17) is 5.11 Å². The SMILES string of the molecule is O=C1CCCCC1CCO. The molecule has 2 heteroatoms. The number of aliphatic hydroxyl groups excluding tert-OH is 1. The highest BCUT2D eigenvalue weighted by Crippen LogP contribution is 2.22. The molecule has 1 aliphatic rings. The first-order valence-corrected chi connectivity index (χ1v) is 3.98. The van der Waals surface area contributed by atoms with Crippen molar-refractivity contribution < 1.29 is 9.90 Å². The molecule has 1 aliphatic carbocycles. The second-order valence-corrected chi connectivity index (χ2v) is 2.92. The van der Waals surface area contributed by atoms with E-state index in [2.05, 4.69) is 0 Å². The van der Waals surface area contributed by atoms with Crippen LogP contribution in [-0.4, -0.2) is 17.5 Å². The van der Waals surface area contributed by atoms with Crippen LogP contribution < -0.4 is 0 Å². The van der Waals surface area contributed by atoms with Crippen LogP contribution >= 0.6 is 0 Å². The molecule has 0 bridgehead atoms. The van der Waals surface area contributed by atoms with Crippen LogP contribution in [0.5, 0.6) is 0 Å². The summed E-state index contributed by atoms with van der Waals surface area (Å²) >= 11 is 0. The first-order valence-electron chi connectivity index (χ1n) is 3.98. The molecule has 2 nitrogen and oxygen atoms in total. The zero-order chi connectivity index (χ0) is 7.40. The molecule has 10 heavy (non-hydrogen) atoms. The molecular weight excluding hydrogens is 128 g/mol. The third-order valence-electron chi connectivity index (χ3n) is 2.16. The van der Waals surface area contributed by atoms with Gasteiger partial charge in [0.25, 0.3) is 0 Å². The summed E-state index contributed by atoms with van der Waals surface area (Å²) in [5, 5.41) is 8.58. The summed E-state index contributed by atoms with van der Waals surface area (Å²) in [6.07, 6.45) is 4.64. The smallest absolute Gasteiger partial charge is 0.136 e. The van der Waals surface area contributed by atoms with Crippen molar-refractivity contribution in [2.75, 3.05) is 6.61 Å². The summed E-state index contributed by atoms with van der Waals surface area (Å²) in [7, 11) is 0. The Balaban J connectivity index is 2.32. The Morgan fingerprint density at radius 3 is 2.90 bits per heavy atom. The number of Topliss-reactive ketones (excluding diaryl/α,β-unsaturated/α-hetero) is 1. The molecule has 0 radical (unpaired) electrons. The van der Waals surface area contributed by atoms with Gasteiger partial charge in [-0.2, -0.15) is 0 Å². The fourth-order valence-corrected chi connectivity index (χ4v) is 1.52. The molecule has 1 N–H and O–H groups in total. The molecule has 1 atom stereocenters. The van der Waals surface area contributed by atoms with Gasteiger partial charge >= 0.3 is 0 Å². The van der Waals surface area contributed by atoms with Crippen molar-refractivity contribution in [2.45, 2.75) is 32.1 Å². The van der Waals surface area contributed by atoms with Gasteiger partial charge in [0.1, 0.15) is 5.78 Å². The van der Waals surface area contributed by atoms with E-state index in [0.717, 1.165) is 25.7 Å². The first-order chi connectivity index (χ1) is 4.84. The predicted octanol–water partition coefficient (Wildman–Crippen LogP) is 1.13. The minimum Gasteiger partial charge on any atom is -0.396 e. The van der Waals surface area contributed by atoms with E-state index in [9.17, 15) is 4.79 Å². The van der Waals surface area contributed by atoms with Gasteiger partial charge < -0.3 is 5.11 Å². The van der Waals surface area contributed by atoms with Gasteiger partial charge in [-0.1, -0.05) is 6.42 Å². The number of carbonyl (C=O) groups excluding carboxylic acids is 1. The average molecular weight is 142 g/mol. The maximum absolute atomic E-state index is 11.1. The van der Waals surface area contributed by atoms with Crippen LogP contribution in [0.2, 0.25) is 0 Å². The number of hydrogen-bond acceptors (Lipinski definition) is 2. The standard InChI is InChI=1S/C8H14O2/c9-6-5-7-3-1-2-4-8(7)10/h7,9H,1-6H2. The summed E-state index contributed by atoms with van der Waals surface area (Å²) in [5.41, 5.74) is 0. The fourth-order valence-electron chi connectivity index (χ4n) is 1.52. The van der Waals surface area contributed by atoms with Gasteiger partial charge in [0, 0.05) is 18.9 Å². The summed E-state index contributed by atoms with van der Waals surface area (Å²) in [6, 6.07) is 0. The average Bonchev–Trinajstić information content (AvgIpc) is 1.94. The number of carbonyl (C=O) groups is 1. The number of ketones is 1. The lowest BCUT2D eigenvalue weighted by atomic mass is 9.86. The normalized spacial score (nSPS) is 26.9. The minimum absolute atomic E-state index is 0.163. The van der Waals surface area contributed by atoms with Crippen LogP contribution in [0.25, 0.3) is 0 Å². The maximum Gasteiger partial charge on any atom is 0.136 e. The third kappa shape index (κ3) is 1.81. The van der Waals surface area contributed by atoms with Crippen molar-refractivity contribution in [1.82, 2.24) is 0 Å². The van der Waals surface area contributed by atoms with E-state index in [1.54, 1.807) is 0 Å². The van der Waals surface area contributed by atoms with Crippen LogP contribution in [0.4, 0.5) is 0 Å². The van der Waals surface area contributed by atoms with Crippen LogP contribution in [-0.2, 0) is 4.79 Å². The van der Waals surface area contributed by atoms with Crippen molar-refractivity contribution in [3.63, 3.8) is 0 Å². The molecule has 0 aromatic rings. The molecule has 0 spiro atoms. The molecule has 1 fully saturated rings. The molecule has 0 heterocycles. The monoisotopic (exact) mass is 142 g/mol. The van der Waals surface area contributed by atoms with Gasteiger partial charge in [-0.15, -0.1) is 0 Å². The van der Waals surface area contributed by atoms with Crippen LogP contribution in [0.3, 0.4) is 0 Å². The van der Waals surface area contributed by atoms with Crippen molar-refractivity contribution in [2.24, 2.45) is 5.92 Å². The Labute approximate surface area is 61.2 Å².